The number of hydrogen-bond donors (Lipinski definition) is 1. The fraction of sp³-hybridized carbons (Fsp3) is 0.231. The first kappa shape index (κ1) is 24.1. The van der Waals surface area contributed by atoms with E-state index in [9.17, 15) is 18.0 Å². The van der Waals surface area contributed by atoms with Gasteiger partial charge in [-0.1, -0.05) is 35.6 Å². The molecule has 186 valence electrons. The minimum Gasteiger partial charge on any atom is -0.476 e. The van der Waals surface area contributed by atoms with Gasteiger partial charge in [0.05, 0.1) is 27.3 Å². The monoisotopic (exact) mass is 523 g/mol. The highest BCUT2D eigenvalue weighted by molar-refractivity contribution is 7.92. The summed E-state index contributed by atoms with van der Waals surface area (Å²) in [6, 6.07) is 18.6. The van der Waals surface area contributed by atoms with Crippen LogP contribution in [0.4, 0.5) is 11.4 Å². The number of benzene rings is 3. The predicted octanol–water partition coefficient (Wildman–Crippen LogP) is 4.55. The van der Waals surface area contributed by atoms with Gasteiger partial charge in [0.15, 0.2) is 6.10 Å². The Morgan fingerprint density at radius 1 is 1.08 bits per heavy atom. The van der Waals surface area contributed by atoms with Crippen LogP contribution in [0.5, 0.6) is 5.75 Å². The summed E-state index contributed by atoms with van der Waals surface area (Å²) < 4.78 is 36.7. The molecule has 5 rings (SSSR count). The maximum Gasteiger partial charge on any atom is 0.308 e. The van der Waals surface area contributed by atoms with Gasteiger partial charge in [-0.2, -0.15) is 0 Å². The number of nitrogens with one attached hydrogen (secondary N) is 1. The molecule has 1 aliphatic heterocycles. The second-order valence-electron chi connectivity index (χ2n) is 8.93. The van der Waals surface area contributed by atoms with E-state index in [0.717, 1.165) is 27.1 Å². The fourth-order valence-electron chi connectivity index (χ4n) is 4.27. The molecule has 1 aliphatic rings. The third-order valence-corrected chi connectivity index (χ3v) is 8.72. The van der Waals surface area contributed by atoms with Crippen LogP contribution in [0.2, 0.25) is 0 Å². The molecular formula is C26H25N3O5S2. The van der Waals surface area contributed by atoms with E-state index in [1.807, 2.05) is 26.8 Å². The molecule has 0 saturated carbocycles. The molecular weight excluding hydrogens is 498 g/mol. The highest BCUT2D eigenvalue weighted by Gasteiger charge is 2.37. The van der Waals surface area contributed by atoms with E-state index in [2.05, 4.69) is 5.32 Å². The number of nitrogens with zero attached hydrogens (tertiary/aromatic N) is 2. The number of carbonyl (C=O) groups excluding carboxylic acids is 1. The van der Waals surface area contributed by atoms with E-state index >= 15 is 0 Å². The normalized spacial score (nSPS) is 15.6. The summed E-state index contributed by atoms with van der Waals surface area (Å²) in [5.74, 6) is -0.168. The summed E-state index contributed by atoms with van der Waals surface area (Å²) in [7, 11) is -3.93. The minimum absolute atomic E-state index is 0.0172. The van der Waals surface area contributed by atoms with Gasteiger partial charge in [0.25, 0.3) is 15.9 Å². The lowest BCUT2D eigenvalue weighted by Gasteiger charge is -2.35. The van der Waals surface area contributed by atoms with Gasteiger partial charge in [-0.25, -0.2) is 8.42 Å². The van der Waals surface area contributed by atoms with Crippen LogP contribution in [0.3, 0.4) is 0 Å². The molecule has 8 nitrogen and oxygen atoms in total. The fourth-order valence-corrected chi connectivity index (χ4v) is 6.81. The topological polar surface area (TPSA) is 97.7 Å². The molecule has 3 aromatic carbocycles. The number of aromatic nitrogens is 1. The Hall–Kier alpha value is -3.63. The van der Waals surface area contributed by atoms with E-state index in [4.69, 9.17) is 4.74 Å². The molecule has 2 heterocycles. The molecule has 1 amide bonds. The van der Waals surface area contributed by atoms with Gasteiger partial charge in [-0.05, 0) is 68.8 Å². The van der Waals surface area contributed by atoms with Crippen LogP contribution >= 0.6 is 11.3 Å². The Kier molecular flexibility index (Phi) is 6.09. The lowest BCUT2D eigenvalue weighted by molar-refractivity contribution is -0.122. The van der Waals surface area contributed by atoms with E-state index < -0.39 is 22.0 Å². The number of fused-ring (bicyclic) bond motifs is 2. The summed E-state index contributed by atoms with van der Waals surface area (Å²) in [6.07, 6.45) is -1.08. The maximum atomic E-state index is 13.5. The van der Waals surface area contributed by atoms with Crippen molar-refractivity contribution < 1.29 is 17.9 Å². The number of amides is 1. The standard InChI is InChI=1S/C26H25N3O5S2/c1-16(2)29-20-11-10-18(14-24(20)35-26(29)31)27-25(30)23-15-28(21-13-17(3)9-12-22(21)34-23)36(32,33)19-7-5-4-6-8-19/h4-14,16,23H,15H2,1-3H3,(H,27,30)/t23-/m1/s1. The summed E-state index contributed by atoms with van der Waals surface area (Å²) >= 11 is 1.11. The summed E-state index contributed by atoms with van der Waals surface area (Å²) in [4.78, 5) is 25.7. The van der Waals surface area contributed by atoms with E-state index in [1.165, 1.54) is 16.4 Å². The first-order chi connectivity index (χ1) is 17.1. The van der Waals surface area contributed by atoms with Crippen LogP contribution in [0.25, 0.3) is 10.2 Å². The molecule has 0 saturated heterocycles. The molecule has 0 bridgehead atoms. The largest absolute Gasteiger partial charge is 0.476 e. The minimum atomic E-state index is -3.93. The van der Waals surface area contributed by atoms with Gasteiger partial charge < -0.3 is 10.1 Å². The third-order valence-electron chi connectivity index (χ3n) is 6.00. The second-order valence-corrected chi connectivity index (χ2v) is 11.8. The molecule has 0 aliphatic carbocycles. The highest BCUT2D eigenvalue weighted by Crippen LogP contribution is 2.38. The van der Waals surface area contributed by atoms with Crippen molar-refractivity contribution >= 4 is 48.9 Å². The van der Waals surface area contributed by atoms with E-state index in [0.29, 0.717) is 17.1 Å². The third kappa shape index (κ3) is 4.27. The van der Waals surface area contributed by atoms with Crippen molar-refractivity contribution in [2.45, 2.75) is 37.8 Å². The number of hydrogen-bond acceptors (Lipinski definition) is 6. The zero-order chi connectivity index (χ0) is 25.6. The zero-order valence-electron chi connectivity index (χ0n) is 20.0. The SMILES string of the molecule is Cc1ccc2c(c1)N(S(=O)(=O)c1ccccc1)C[C@H](C(=O)Nc1ccc3c(c1)sc(=O)n3C(C)C)O2. The van der Waals surface area contributed by atoms with Crippen LogP contribution in [-0.4, -0.2) is 31.5 Å². The Bertz CT molecular complexity index is 1620. The quantitative estimate of drug-likeness (QED) is 0.414. The van der Waals surface area contributed by atoms with Gasteiger partial charge in [0.2, 0.25) is 0 Å². The van der Waals surface area contributed by atoms with Crippen LogP contribution in [0.15, 0.2) is 76.4 Å². The Balaban J connectivity index is 1.46. The van der Waals surface area contributed by atoms with Crippen LogP contribution < -0.4 is 19.2 Å². The molecule has 4 aromatic rings. The molecule has 0 radical (unpaired) electrons. The van der Waals surface area contributed by atoms with Gasteiger partial charge in [0.1, 0.15) is 5.75 Å². The summed E-state index contributed by atoms with van der Waals surface area (Å²) in [5.41, 5.74) is 2.56. The Morgan fingerprint density at radius 3 is 2.56 bits per heavy atom. The van der Waals surface area contributed by atoms with E-state index in [1.54, 1.807) is 53.1 Å². The van der Waals surface area contributed by atoms with Gasteiger partial charge >= 0.3 is 4.87 Å². The van der Waals surface area contributed by atoms with Gasteiger partial charge in [-0.3, -0.25) is 18.5 Å². The first-order valence-corrected chi connectivity index (χ1v) is 13.7. The number of anilines is 2. The van der Waals surface area contributed by atoms with Crippen molar-refractivity contribution in [2.75, 3.05) is 16.2 Å². The molecule has 1 aromatic heterocycles. The Labute approximate surface area is 212 Å². The molecule has 0 spiro atoms. The van der Waals surface area contributed by atoms with Crippen LogP contribution in [0, 0.1) is 6.92 Å². The van der Waals surface area contributed by atoms with Crippen molar-refractivity contribution in [1.29, 1.82) is 0 Å². The number of thiazole rings is 1. The van der Waals surface area contributed by atoms with Crippen LogP contribution in [-0.2, 0) is 14.8 Å². The average Bonchev–Trinajstić information content (AvgIpc) is 3.18. The number of carbonyl (C=O) groups is 1. The maximum absolute atomic E-state index is 13.5. The first-order valence-electron chi connectivity index (χ1n) is 11.5. The molecule has 36 heavy (non-hydrogen) atoms. The van der Waals surface area contributed by atoms with Crippen molar-refractivity contribution in [1.82, 2.24) is 4.57 Å². The van der Waals surface area contributed by atoms with Crippen molar-refractivity contribution in [3.05, 3.63) is 82.0 Å². The molecule has 1 atom stereocenters. The van der Waals surface area contributed by atoms with Crippen molar-refractivity contribution in [2.24, 2.45) is 0 Å². The van der Waals surface area contributed by atoms with Crippen LogP contribution in [0.1, 0.15) is 25.5 Å². The predicted molar refractivity (Wildman–Crippen MR) is 142 cm³/mol. The lowest BCUT2D eigenvalue weighted by atomic mass is 10.1. The average molecular weight is 524 g/mol. The lowest BCUT2D eigenvalue weighted by Crippen LogP contribution is -2.48. The Morgan fingerprint density at radius 2 is 1.83 bits per heavy atom. The van der Waals surface area contributed by atoms with Crippen molar-refractivity contribution in [3.8, 4) is 5.75 Å². The molecule has 0 unspecified atom stereocenters. The smallest absolute Gasteiger partial charge is 0.308 e. The highest BCUT2D eigenvalue weighted by atomic mass is 32.2. The number of sulfonamides is 1. The molecule has 0 fully saturated rings. The summed E-state index contributed by atoms with van der Waals surface area (Å²) in [6.45, 7) is 5.57. The number of aryl methyl sites for hydroxylation is 1. The van der Waals surface area contributed by atoms with Gasteiger partial charge in [-0.15, -0.1) is 0 Å². The second kappa shape index (κ2) is 9.11. The van der Waals surface area contributed by atoms with E-state index in [-0.39, 0.29) is 22.4 Å². The van der Waals surface area contributed by atoms with Crippen molar-refractivity contribution in [3.63, 3.8) is 0 Å². The number of ether oxygens (including phenoxy) is 1. The molecule has 1 N–H and O–H groups in total. The zero-order valence-corrected chi connectivity index (χ0v) is 21.6. The molecule has 10 heteroatoms. The van der Waals surface area contributed by atoms with Gasteiger partial charge in [0, 0.05) is 11.7 Å². The number of rotatable bonds is 5. The summed E-state index contributed by atoms with van der Waals surface area (Å²) in [5, 5.41) is 2.83.